The quantitative estimate of drug-likeness (QED) is 0.259. The van der Waals surface area contributed by atoms with E-state index in [1.54, 1.807) is 32.6 Å². The number of pyridine rings is 3. The van der Waals surface area contributed by atoms with Crippen LogP contribution in [0.2, 0.25) is 0 Å². The Morgan fingerprint density at radius 2 is 2.05 bits per heavy atom. The summed E-state index contributed by atoms with van der Waals surface area (Å²) < 4.78 is 32.0. The van der Waals surface area contributed by atoms with Crippen LogP contribution in [0.5, 0.6) is 0 Å². The van der Waals surface area contributed by atoms with E-state index in [1.807, 2.05) is 0 Å². The minimum absolute atomic E-state index is 0.0645. The van der Waals surface area contributed by atoms with Crippen LogP contribution in [0.3, 0.4) is 0 Å². The topological polar surface area (TPSA) is 142 Å². The first-order chi connectivity index (χ1) is 19.6. The molecule has 5 heterocycles. The number of carbonyl (C=O) groups is 1. The van der Waals surface area contributed by atoms with Gasteiger partial charge < -0.3 is 30.6 Å². The van der Waals surface area contributed by atoms with E-state index in [9.17, 15) is 19.1 Å². The minimum atomic E-state index is -1.34. The number of benzene rings is 1. The third-order valence-corrected chi connectivity index (χ3v) is 8.84. The van der Waals surface area contributed by atoms with Gasteiger partial charge >= 0.3 is 5.97 Å². The van der Waals surface area contributed by atoms with Crippen LogP contribution in [-0.4, -0.2) is 56.3 Å². The van der Waals surface area contributed by atoms with Crippen LogP contribution in [0.15, 0.2) is 35.5 Å². The van der Waals surface area contributed by atoms with Gasteiger partial charge in [-0.1, -0.05) is 6.42 Å². The maximum atomic E-state index is 15.6. The van der Waals surface area contributed by atoms with Gasteiger partial charge in [0.05, 0.1) is 33.1 Å². The molecule has 0 unspecified atom stereocenters. The van der Waals surface area contributed by atoms with Crippen molar-refractivity contribution < 1.29 is 18.7 Å². The lowest BCUT2D eigenvalue weighted by Gasteiger charge is -2.26. The molecule has 2 atom stereocenters. The molecule has 0 bridgehead atoms. The van der Waals surface area contributed by atoms with Crippen LogP contribution < -0.4 is 21.4 Å². The van der Waals surface area contributed by atoms with Gasteiger partial charge in [-0.3, -0.25) is 4.79 Å². The van der Waals surface area contributed by atoms with Crippen molar-refractivity contribution in [2.75, 3.05) is 30.4 Å². The van der Waals surface area contributed by atoms with E-state index in [2.05, 4.69) is 25.2 Å². The van der Waals surface area contributed by atoms with Crippen molar-refractivity contribution >= 4 is 50.3 Å². The molecule has 1 saturated carbocycles. The fourth-order valence-electron chi connectivity index (χ4n) is 6.85. The number of fused-ring (bicyclic) bond motifs is 5. The van der Waals surface area contributed by atoms with Crippen molar-refractivity contribution in [2.24, 2.45) is 18.7 Å². The molecule has 1 saturated heterocycles. The summed E-state index contributed by atoms with van der Waals surface area (Å²) in [5, 5.41) is 13.1. The second kappa shape index (κ2) is 8.71. The SMILES string of the molecule is CNc1cc(F)c(F)c2c1[nH]c1ncc(-c3cnc4c(c3)c(=O)c(C(=O)O)cn4C)c(N3C[C@@H]4CCC[C@@]4(N)C3)c12. The Kier molecular flexibility index (Phi) is 5.39. The molecule has 0 spiro atoms. The number of carboxylic acids is 1. The number of aromatic carboxylic acids is 1. The number of nitrogens with zero attached hydrogens (tertiary/aromatic N) is 4. The lowest BCUT2D eigenvalue weighted by Crippen LogP contribution is -2.44. The molecule has 5 N–H and O–H groups in total. The molecular weight excluding hydrogens is 532 g/mol. The highest BCUT2D eigenvalue weighted by Crippen LogP contribution is 2.48. The summed E-state index contributed by atoms with van der Waals surface area (Å²) >= 11 is 0. The Morgan fingerprint density at radius 3 is 2.78 bits per heavy atom. The van der Waals surface area contributed by atoms with Crippen LogP contribution >= 0.6 is 0 Å². The molecule has 12 heteroatoms. The molecule has 2 aliphatic rings. The van der Waals surface area contributed by atoms with E-state index in [1.165, 1.54) is 10.8 Å². The summed E-state index contributed by atoms with van der Waals surface area (Å²) in [5.41, 5.74) is 8.51. The van der Waals surface area contributed by atoms with E-state index in [0.29, 0.717) is 57.8 Å². The van der Waals surface area contributed by atoms with Crippen LogP contribution in [0.4, 0.5) is 20.2 Å². The molecule has 0 amide bonds. The van der Waals surface area contributed by atoms with Crippen molar-refractivity contribution in [3.63, 3.8) is 0 Å². The Hall–Kier alpha value is -4.58. The number of hydrogen-bond donors (Lipinski definition) is 4. The second-order valence-corrected chi connectivity index (χ2v) is 11.2. The molecule has 5 aromatic rings. The highest BCUT2D eigenvalue weighted by Gasteiger charge is 2.47. The molecule has 4 aromatic heterocycles. The van der Waals surface area contributed by atoms with Crippen molar-refractivity contribution in [2.45, 2.75) is 24.8 Å². The zero-order valence-corrected chi connectivity index (χ0v) is 22.4. The first kappa shape index (κ1) is 25.4. The lowest BCUT2D eigenvalue weighted by atomic mass is 9.92. The van der Waals surface area contributed by atoms with Gasteiger partial charge in [0.1, 0.15) is 16.9 Å². The van der Waals surface area contributed by atoms with Gasteiger partial charge in [0.2, 0.25) is 5.43 Å². The van der Waals surface area contributed by atoms with Crippen LogP contribution in [0.25, 0.3) is 44.1 Å². The van der Waals surface area contributed by atoms with Crippen LogP contribution in [0, 0.1) is 17.6 Å². The highest BCUT2D eigenvalue weighted by molar-refractivity contribution is 6.18. The Morgan fingerprint density at radius 1 is 1.24 bits per heavy atom. The number of anilines is 2. The van der Waals surface area contributed by atoms with E-state index in [-0.39, 0.29) is 22.3 Å². The summed E-state index contributed by atoms with van der Waals surface area (Å²) in [6, 6.07) is 2.69. The average molecular weight is 560 g/mol. The van der Waals surface area contributed by atoms with E-state index in [0.717, 1.165) is 25.3 Å². The number of carboxylic acid groups (broad SMARTS) is 1. The number of hydrogen-bond acceptors (Lipinski definition) is 7. The lowest BCUT2D eigenvalue weighted by molar-refractivity contribution is 0.0695. The number of nitrogens with two attached hydrogens (primary N) is 1. The van der Waals surface area contributed by atoms with Gasteiger partial charge in [0.15, 0.2) is 11.6 Å². The molecule has 1 aromatic carbocycles. The molecule has 2 fully saturated rings. The zero-order valence-electron chi connectivity index (χ0n) is 22.4. The Labute approximate surface area is 231 Å². The summed E-state index contributed by atoms with van der Waals surface area (Å²) in [5.74, 6) is -3.10. The van der Waals surface area contributed by atoms with E-state index >= 15 is 4.39 Å². The number of H-pyrrole nitrogens is 1. The minimum Gasteiger partial charge on any atom is -0.477 e. The smallest absolute Gasteiger partial charge is 0.341 e. The largest absolute Gasteiger partial charge is 0.477 e. The van der Waals surface area contributed by atoms with Gasteiger partial charge in [0.25, 0.3) is 0 Å². The van der Waals surface area contributed by atoms with Gasteiger partial charge in [-0.2, -0.15) is 0 Å². The van der Waals surface area contributed by atoms with E-state index in [4.69, 9.17) is 5.73 Å². The summed E-state index contributed by atoms with van der Waals surface area (Å²) in [4.78, 5) is 39.2. The monoisotopic (exact) mass is 559 g/mol. The molecule has 7 rings (SSSR count). The normalized spacial score (nSPS) is 20.4. The van der Waals surface area contributed by atoms with Gasteiger partial charge in [-0.15, -0.1) is 0 Å². The van der Waals surface area contributed by atoms with Crippen molar-refractivity contribution in [3.8, 4) is 11.1 Å². The molecule has 1 aliphatic carbocycles. The summed E-state index contributed by atoms with van der Waals surface area (Å²) in [7, 11) is 3.25. The van der Waals surface area contributed by atoms with Crippen molar-refractivity contribution in [1.29, 1.82) is 0 Å². The standard InChI is InChI=1S/C29H27F2N7O3/c1-33-19-7-18(30)22(31)20-21-24(38-10-14-4-3-5-29(14,32)12-38)16(9-34-26(21)36-23(19)20)13-6-15-25(39)17(28(40)41)11-37(2)27(15)35-8-13/h6-9,11,14,33H,3-5,10,12,32H2,1-2H3,(H,34,36)(H,40,41)/t14-,29+/m0/s1. The average Bonchev–Trinajstić information content (AvgIpc) is 3.61. The third kappa shape index (κ3) is 3.56. The van der Waals surface area contributed by atoms with Crippen molar-refractivity contribution in [3.05, 3.63) is 58.1 Å². The highest BCUT2D eigenvalue weighted by atomic mass is 19.2. The third-order valence-electron chi connectivity index (χ3n) is 8.84. The predicted octanol–water partition coefficient (Wildman–Crippen LogP) is 3.97. The van der Waals surface area contributed by atoms with Gasteiger partial charge in [-0.25, -0.2) is 23.5 Å². The first-order valence-corrected chi connectivity index (χ1v) is 13.4. The fraction of sp³-hybridized carbons (Fsp3) is 0.310. The fourth-order valence-corrected chi connectivity index (χ4v) is 6.85. The maximum Gasteiger partial charge on any atom is 0.341 e. The number of aromatic amines is 1. The van der Waals surface area contributed by atoms with Crippen LogP contribution in [0.1, 0.15) is 29.6 Å². The van der Waals surface area contributed by atoms with Gasteiger partial charge in [0, 0.05) is 68.5 Å². The molecule has 41 heavy (non-hydrogen) atoms. The Balaban J connectivity index is 1.56. The van der Waals surface area contributed by atoms with Crippen LogP contribution in [-0.2, 0) is 7.05 Å². The van der Waals surface area contributed by atoms with Gasteiger partial charge in [-0.05, 0) is 24.8 Å². The predicted molar refractivity (Wildman–Crippen MR) is 152 cm³/mol. The Bertz CT molecular complexity index is 2000. The summed E-state index contributed by atoms with van der Waals surface area (Å²) in [6.45, 7) is 1.13. The molecule has 210 valence electrons. The molecule has 0 radical (unpaired) electrons. The van der Waals surface area contributed by atoms with E-state index < -0.39 is 28.6 Å². The number of aromatic nitrogens is 4. The molecule has 10 nitrogen and oxygen atoms in total. The molecular formula is C29H27F2N7O3. The zero-order chi connectivity index (χ0) is 28.8. The second-order valence-electron chi connectivity index (χ2n) is 11.2. The molecule has 1 aliphatic heterocycles. The maximum absolute atomic E-state index is 15.6. The number of aryl methyl sites for hydroxylation is 1. The first-order valence-electron chi connectivity index (χ1n) is 13.4. The number of nitrogens with one attached hydrogen (secondary N) is 2. The van der Waals surface area contributed by atoms with Crippen molar-refractivity contribution in [1.82, 2.24) is 19.5 Å². The number of halogens is 2. The number of rotatable bonds is 4. The summed E-state index contributed by atoms with van der Waals surface area (Å²) in [6.07, 6.45) is 7.31.